The largest absolute Gasteiger partial charge is 0.329 e. The van der Waals surface area contributed by atoms with Gasteiger partial charge in [0.25, 0.3) is 5.56 Å². The molecule has 1 aromatic heterocycles. The molecule has 2 rings (SSSR count). The van der Waals surface area contributed by atoms with Gasteiger partial charge in [0.1, 0.15) is 5.15 Å². The van der Waals surface area contributed by atoms with Gasteiger partial charge in [-0.25, -0.2) is 4.79 Å². The Morgan fingerprint density at radius 1 is 1.11 bits per heavy atom. The summed E-state index contributed by atoms with van der Waals surface area (Å²) in [5, 5.41) is 0.600. The maximum Gasteiger partial charge on any atom is 0.329 e. The fourth-order valence-corrected chi connectivity index (χ4v) is 2.26. The fourth-order valence-electron chi connectivity index (χ4n) is 1.86. The lowest BCUT2D eigenvalue weighted by Gasteiger charge is -2.11. The topological polar surface area (TPSA) is 54.9 Å². The van der Waals surface area contributed by atoms with E-state index in [4.69, 9.17) is 23.2 Å². The predicted octanol–water partition coefficient (Wildman–Crippen LogP) is 3.09. The first-order valence-corrected chi connectivity index (χ1v) is 6.47. The number of aromatic amines is 1. The Kier molecular flexibility index (Phi) is 3.83. The van der Waals surface area contributed by atoms with Gasteiger partial charge in [-0.3, -0.25) is 14.3 Å². The Labute approximate surface area is 119 Å². The number of nitrogens with zero attached hydrogens (tertiary/aromatic N) is 1. The number of benzene rings is 1. The zero-order chi connectivity index (χ0) is 14.2. The third-order valence-corrected chi connectivity index (χ3v) is 3.27. The van der Waals surface area contributed by atoms with E-state index < -0.39 is 11.2 Å². The molecule has 0 aliphatic heterocycles. The number of hydrogen-bond acceptors (Lipinski definition) is 2. The number of halogens is 2. The molecule has 0 aliphatic rings. The Hall–Kier alpha value is -1.52. The Morgan fingerprint density at radius 2 is 1.68 bits per heavy atom. The molecule has 4 nitrogen and oxygen atoms in total. The summed E-state index contributed by atoms with van der Waals surface area (Å²) in [6.07, 6.45) is 0. The zero-order valence-electron chi connectivity index (χ0n) is 10.4. The minimum Gasteiger partial charge on any atom is -0.297 e. The number of H-pyrrole nitrogens is 1. The normalized spacial score (nSPS) is 11.0. The molecule has 0 radical (unpaired) electrons. The standard InChI is InChI=1S/C13H12Cl2N2O2/c1-7(2)17-12(18)10(11(15)16-13(17)19)8-3-5-9(14)6-4-8/h3-7H,1-2H3,(H,16,19). The predicted molar refractivity (Wildman–Crippen MR) is 77.2 cm³/mol. The van der Waals surface area contributed by atoms with Crippen LogP contribution < -0.4 is 11.2 Å². The van der Waals surface area contributed by atoms with Gasteiger partial charge in [0.2, 0.25) is 0 Å². The summed E-state index contributed by atoms with van der Waals surface area (Å²) in [5.41, 5.74) is -0.0366. The van der Waals surface area contributed by atoms with Crippen LogP contribution in [0.3, 0.4) is 0 Å². The van der Waals surface area contributed by atoms with E-state index >= 15 is 0 Å². The molecule has 0 atom stereocenters. The molecule has 100 valence electrons. The highest BCUT2D eigenvalue weighted by Gasteiger charge is 2.16. The Bertz CT molecular complexity index is 715. The second kappa shape index (κ2) is 5.23. The number of nitrogens with one attached hydrogen (secondary N) is 1. The molecule has 2 aromatic rings. The molecule has 0 amide bonds. The van der Waals surface area contributed by atoms with Crippen LogP contribution in [0.2, 0.25) is 10.2 Å². The highest BCUT2D eigenvalue weighted by Crippen LogP contribution is 2.23. The quantitative estimate of drug-likeness (QED) is 0.866. The third kappa shape index (κ3) is 2.60. The van der Waals surface area contributed by atoms with Crippen LogP contribution in [0.5, 0.6) is 0 Å². The molecule has 0 fully saturated rings. The van der Waals surface area contributed by atoms with E-state index in [2.05, 4.69) is 4.98 Å². The molecule has 0 bridgehead atoms. The summed E-state index contributed by atoms with van der Waals surface area (Å²) in [4.78, 5) is 26.6. The second-order valence-electron chi connectivity index (χ2n) is 4.39. The highest BCUT2D eigenvalue weighted by atomic mass is 35.5. The Morgan fingerprint density at radius 3 is 2.21 bits per heavy atom. The molecule has 0 unspecified atom stereocenters. The van der Waals surface area contributed by atoms with Crippen molar-refractivity contribution < 1.29 is 0 Å². The van der Waals surface area contributed by atoms with Crippen molar-refractivity contribution in [1.82, 2.24) is 9.55 Å². The van der Waals surface area contributed by atoms with Gasteiger partial charge in [-0.05, 0) is 31.5 Å². The smallest absolute Gasteiger partial charge is 0.297 e. The molecule has 0 saturated heterocycles. The van der Waals surface area contributed by atoms with Crippen LogP contribution in [0.1, 0.15) is 19.9 Å². The van der Waals surface area contributed by atoms with Crippen molar-refractivity contribution >= 4 is 23.2 Å². The summed E-state index contributed by atoms with van der Waals surface area (Å²) >= 11 is 11.8. The SMILES string of the molecule is CC(C)n1c(=O)[nH]c(Cl)c(-c2ccc(Cl)cc2)c1=O. The minimum atomic E-state index is -0.511. The maximum atomic E-state index is 12.4. The summed E-state index contributed by atoms with van der Waals surface area (Å²) in [5.74, 6) is 0. The van der Waals surface area contributed by atoms with Gasteiger partial charge in [0, 0.05) is 11.1 Å². The van der Waals surface area contributed by atoms with E-state index in [9.17, 15) is 9.59 Å². The van der Waals surface area contributed by atoms with Crippen LogP contribution in [0.15, 0.2) is 33.9 Å². The van der Waals surface area contributed by atoms with Crippen LogP contribution in [0, 0.1) is 0 Å². The van der Waals surface area contributed by atoms with Crippen LogP contribution in [0.25, 0.3) is 11.1 Å². The van der Waals surface area contributed by atoms with Crippen molar-refractivity contribution in [3.63, 3.8) is 0 Å². The molecule has 6 heteroatoms. The van der Waals surface area contributed by atoms with Gasteiger partial charge in [-0.15, -0.1) is 0 Å². The van der Waals surface area contributed by atoms with Gasteiger partial charge >= 0.3 is 5.69 Å². The fraction of sp³-hybridized carbons (Fsp3) is 0.231. The minimum absolute atomic E-state index is 0.0363. The maximum absolute atomic E-state index is 12.4. The van der Waals surface area contributed by atoms with Gasteiger partial charge < -0.3 is 0 Å². The first-order valence-electron chi connectivity index (χ1n) is 5.72. The summed E-state index contributed by atoms with van der Waals surface area (Å²) in [7, 11) is 0. The van der Waals surface area contributed by atoms with Gasteiger partial charge in [-0.1, -0.05) is 35.3 Å². The number of aromatic nitrogens is 2. The molecule has 0 spiro atoms. The average Bonchev–Trinajstić information content (AvgIpc) is 2.30. The van der Waals surface area contributed by atoms with Crippen LogP contribution in [0.4, 0.5) is 0 Å². The first-order chi connectivity index (χ1) is 8.91. The van der Waals surface area contributed by atoms with E-state index in [0.717, 1.165) is 4.57 Å². The van der Waals surface area contributed by atoms with Gasteiger partial charge in [-0.2, -0.15) is 0 Å². The molecule has 0 saturated carbocycles. The van der Waals surface area contributed by atoms with E-state index in [-0.39, 0.29) is 16.8 Å². The molecule has 1 aromatic carbocycles. The molecule has 19 heavy (non-hydrogen) atoms. The summed E-state index contributed by atoms with van der Waals surface area (Å²) < 4.78 is 1.13. The first kappa shape index (κ1) is 13.9. The van der Waals surface area contributed by atoms with Crippen LogP contribution in [-0.4, -0.2) is 9.55 Å². The molecular weight excluding hydrogens is 287 g/mol. The average molecular weight is 299 g/mol. The lowest BCUT2D eigenvalue weighted by Crippen LogP contribution is -2.37. The van der Waals surface area contributed by atoms with Crippen LogP contribution in [-0.2, 0) is 0 Å². The molecular formula is C13H12Cl2N2O2. The van der Waals surface area contributed by atoms with E-state index in [1.165, 1.54) is 0 Å². The van der Waals surface area contributed by atoms with Gasteiger partial charge in [0.15, 0.2) is 0 Å². The zero-order valence-corrected chi connectivity index (χ0v) is 11.9. The van der Waals surface area contributed by atoms with E-state index in [1.807, 2.05) is 0 Å². The molecule has 0 aliphatic carbocycles. The lowest BCUT2D eigenvalue weighted by molar-refractivity contribution is 0.547. The van der Waals surface area contributed by atoms with Crippen LogP contribution >= 0.6 is 23.2 Å². The Balaban J connectivity index is 2.77. The van der Waals surface area contributed by atoms with Crippen molar-refractivity contribution in [3.05, 3.63) is 55.3 Å². The van der Waals surface area contributed by atoms with Crippen molar-refractivity contribution in [2.75, 3.05) is 0 Å². The monoisotopic (exact) mass is 298 g/mol. The van der Waals surface area contributed by atoms with Crippen molar-refractivity contribution in [2.45, 2.75) is 19.9 Å². The van der Waals surface area contributed by atoms with E-state index in [1.54, 1.807) is 38.1 Å². The van der Waals surface area contributed by atoms with E-state index in [0.29, 0.717) is 10.6 Å². The summed E-state index contributed by atoms with van der Waals surface area (Å²) in [6.45, 7) is 3.52. The van der Waals surface area contributed by atoms with Crippen molar-refractivity contribution in [3.8, 4) is 11.1 Å². The highest BCUT2D eigenvalue weighted by molar-refractivity contribution is 6.32. The molecule has 1 N–H and O–H groups in total. The summed E-state index contributed by atoms with van der Waals surface area (Å²) in [6, 6.07) is 6.45. The number of rotatable bonds is 2. The third-order valence-electron chi connectivity index (χ3n) is 2.74. The number of hydrogen-bond donors (Lipinski definition) is 1. The van der Waals surface area contributed by atoms with Gasteiger partial charge in [0.05, 0.1) is 5.56 Å². The van der Waals surface area contributed by atoms with Crippen molar-refractivity contribution in [1.29, 1.82) is 0 Å². The van der Waals surface area contributed by atoms with Crippen molar-refractivity contribution in [2.24, 2.45) is 0 Å². The lowest BCUT2D eigenvalue weighted by atomic mass is 10.1. The molecule has 1 heterocycles. The second-order valence-corrected chi connectivity index (χ2v) is 5.21.